The van der Waals surface area contributed by atoms with E-state index in [-0.39, 0.29) is 12.2 Å². The molecule has 0 spiro atoms. The Hall–Kier alpha value is 0.178. The molecule has 10 heteroatoms. The average molecular weight is 468 g/mol. The summed E-state index contributed by atoms with van der Waals surface area (Å²) in [6, 6.07) is 0. The van der Waals surface area contributed by atoms with E-state index in [1.54, 1.807) is 7.11 Å². The van der Waals surface area contributed by atoms with Gasteiger partial charge >= 0.3 is 0 Å². The SMILES string of the molecule is CON=C(CO[Si](C)(C)C)C(O[Si](C)(C)C)C(CO[Si](C)(C)C)O[Si](C)(C)C. The van der Waals surface area contributed by atoms with Crippen molar-refractivity contribution in [1.82, 2.24) is 0 Å². The van der Waals surface area contributed by atoms with Gasteiger partial charge in [0.2, 0.25) is 0 Å². The normalized spacial score (nSPS) is 16.8. The van der Waals surface area contributed by atoms with Crippen LogP contribution in [0.5, 0.6) is 0 Å². The molecule has 28 heavy (non-hydrogen) atoms. The quantitative estimate of drug-likeness (QED) is 0.213. The maximum atomic E-state index is 6.59. The fraction of sp³-hybridized carbons (Fsp3) is 0.944. The molecule has 2 unspecified atom stereocenters. The summed E-state index contributed by atoms with van der Waals surface area (Å²) < 4.78 is 25.5. The second-order valence-electron chi connectivity index (χ2n) is 11.0. The lowest BCUT2D eigenvalue weighted by molar-refractivity contribution is 0.0397. The lowest BCUT2D eigenvalue weighted by atomic mass is 10.1. The van der Waals surface area contributed by atoms with Crippen molar-refractivity contribution >= 4 is 39.0 Å². The molecule has 0 saturated heterocycles. The second kappa shape index (κ2) is 11.0. The van der Waals surface area contributed by atoms with Crippen LogP contribution in [0.3, 0.4) is 0 Å². The van der Waals surface area contributed by atoms with Crippen molar-refractivity contribution in [3.8, 4) is 0 Å². The van der Waals surface area contributed by atoms with Crippen LogP contribution in [0.15, 0.2) is 5.16 Å². The van der Waals surface area contributed by atoms with Gasteiger partial charge in [0.1, 0.15) is 18.9 Å². The lowest BCUT2D eigenvalue weighted by Gasteiger charge is -2.37. The predicted molar refractivity (Wildman–Crippen MR) is 129 cm³/mol. The van der Waals surface area contributed by atoms with Crippen molar-refractivity contribution in [3.05, 3.63) is 0 Å². The highest BCUT2D eigenvalue weighted by Crippen LogP contribution is 2.21. The number of oxime groups is 1. The third-order valence-corrected chi connectivity index (χ3v) is 7.21. The zero-order valence-corrected chi connectivity index (χ0v) is 24.6. The monoisotopic (exact) mass is 467 g/mol. The third-order valence-electron chi connectivity index (χ3n) is 3.19. The molecule has 0 rings (SSSR count). The standard InChI is InChI=1S/C18H45NO5Si4/c1-20-19-16(14-21-25(2,3)4)18(24-28(11,12)13)17(23-27(8,9)10)15-22-26(5,6)7/h17-18H,14-15H2,1-13H3. The summed E-state index contributed by atoms with van der Waals surface area (Å²) >= 11 is 0. The summed E-state index contributed by atoms with van der Waals surface area (Å²) in [6.45, 7) is 27.0. The van der Waals surface area contributed by atoms with Gasteiger partial charge in [-0.3, -0.25) is 0 Å². The van der Waals surface area contributed by atoms with Gasteiger partial charge in [0.05, 0.1) is 19.3 Å². The summed E-state index contributed by atoms with van der Waals surface area (Å²) in [5.41, 5.74) is 0.745. The summed E-state index contributed by atoms with van der Waals surface area (Å²) in [5, 5.41) is 4.31. The lowest BCUT2D eigenvalue weighted by Crippen LogP contribution is -2.52. The van der Waals surface area contributed by atoms with E-state index in [1.807, 2.05) is 0 Å². The number of hydrogen-bond donors (Lipinski definition) is 0. The molecule has 168 valence electrons. The molecule has 0 fully saturated rings. The minimum Gasteiger partial charge on any atom is -0.415 e. The van der Waals surface area contributed by atoms with Gasteiger partial charge in [0.25, 0.3) is 0 Å². The van der Waals surface area contributed by atoms with Crippen molar-refractivity contribution in [2.75, 3.05) is 20.3 Å². The largest absolute Gasteiger partial charge is 0.415 e. The molecule has 2 atom stereocenters. The molecule has 0 aliphatic rings. The average Bonchev–Trinajstić information content (AvgIpc) is 2.41. The van der Waals surface area contributed by atoms with Gasteiger partial charge in [-0.1, -0.05) is 5.16 Å². The first-order chi connectivity index (χ1) is 12.3. The number of nitrogens with zero attached hydrogens (tertiary/aromatic N) is 1. The van der Waals surface area contributed by atoms with Gasteiger partial charge in [0.15, 0.2) is 33.3 Å². The van der Waals surface area contributed by atoms with Gasteiger partial charge in [-0.2, -0.15) is 0 Å². The van der Waals surface area contributed by atoms with Crippen LogP contribution < -0.4 is 0 Å². The van der Waals surface area contributed by atoms with Crippen LogP contribution in [0, 0.1) is 0 Å². The molecule has 0 bridgehead atoms. The van der Waals surface area contributed by atoms with Crippen molar-refractivity contribution in [3.63, 3.8) is 0 Å². The Labute approximate surface area is 177 Å². The van der Waals surface area contributed by atoms with E-state index in [2.05, 4.69) is 83.7 Å². The van der Waals surface area contributed by atoms with E-state index in [9.17, 15) is 0 Å². The first kappa shape index (κ1) is 28.2. The van der Waals surface area contributed by atoms with E-state index in [0.29, 0.717) is 13.2 Å². The van der Waals surface area contributed by atoms with Crippen molar-refractivity contribution in [1.29, 1.82) is 0 Å². The fourth-order valence-corrected chi connectivity index (χ4v) is 5.67. The summed E-state index contributed by atoms with van der Waals surface area (Å²) in [4.78, 5) is 5.17. The van der Waals surface area contributed by atoms with Crippen molar-refractivity contribution in [2.45, 2.75) is 90.8 Å². The molecule has 6 nitrogen and oxygen atoms in total. The zero-order chi connectivity index (χ0) is 22.4. The van der Waals surface area contributed by atoms with E-state index in [0.717, 1.165) is 5.71 Å². The first-order valence-corrected chi connectivity index (χ1v) is 23.7. The minimum atomic E-state index is -1.89. The Kier molecular flexibility index (Phi) is 11.1. The maximum Gasteiger partial charge on any atom is 0.184 e. The Bertz CT molecular complexity index is 490. The number of rotatable bonds is 13. The molecule has 0 saturated carbocycles. The van der Waals surface area contributed by atoms with Gasteiger partial charge in [-0.25, -0.2) is 0 Å². The predicted octanol–water partition coefficient (Wildman–Crippen LogP) is 5.13. The Morgan fingerprint density at radius 2 is 1.14 bits per heavy atom. The fourth-order valence-electron chi connectivity index (χ4n) is 2.28. The van der Waals surface area contributed by atoms with Crippen LogP contribution >= 0.6 is 0 Å². The molecule has 0 heterocycles. The Morgan fingerprint density at radius 3 is 1.50 bits per heavy atom. The van der Waals surface area contributed by atoms with Gasteiger partial charge in [-0.05, 0) is 78.6 Å². The molecule has 0 radical (unpaired) electrons. The minimum absolute atomic E-state index is 0.232. The highest BCUT2D eigenvalue weighted by atomic mass is 28.4. The van der Waals surface area contributed by atoms with E-state index >= 15 is 0 Å². The molecule has 0 aliphatic carbocycles. The zero-order valence-electron chi connectivity index (χ0n) is 20.6. The summed E-state index contributed by atoms with van der Waals surface area (Å²) in [6.07, 6.45) is -0.574. The Morgan fingerprint density at radius 1 is 0.679 bits per heavy atom. The molecular formula is C18H45NO5Si4. The van der Waals surface area contributed by atoms with Crippen LogP contribution in [0.25, 0.3) is 0 Å². The van der Waals surface area contributed by atoms with Crippen molar-refractivity contribution < 1.29 is 22.5 Å². The van der Waals surface area contributed by atoms with Crippen LogP contribution in [-0.2, 0) is 22.5 Å². The molecule has 0 N–H and O–H groups in total. The van der Waals surface area contributed by atoms with Gasteiger partial charge < -0.3 is 22.5 Å². The Balaban J connectivity index is 5.90. The molecular weight excluding hydrogens is 423 g/mol. The molecule has 0 aromatic heterocycles. The van der Waals surface area contributed by atoms with Gasteiger partial charge in [-0.15, -0.1) is 0 Å². The van der Waals surface area contributed by atoms with Gasteiger partial charge in [0, 0.05) is 0 Å². The molecule has 0 aromatic carbocycles. The first-order valence-electron chi connectivity index (χ1n) is 10.1. The van der Waals surface area contributed by atoms with Crippen LogP contribution in [0.1, 0.15) is 0 Å². The highest BCUT2D eigenvalue weighted by Gasteiger charge is 2.37. The van der Waals surface area contributed by atoms with Crippen LogP contribution in [-0.4, -0.2) is 71.5 Å². The molecule has 0 amide bonds. The van der Waals surface area contributed by atoms with E-state index < -0.39 is 33.3 Å². The maximum absolute atomic E-state index is 6.59. The summed E-state index contributed by atoms with van der Waals surface area (Å²) in [5.74, 6) is 0. The van der Waals surface area contributed by atoms with Crippen LogP contribution in [0.4, 0.5) is 0 Å². The van der Waals surface area contributed by atoms with Crippen LogP contribution in [0.2, 0.25) is 78.6 Å². The highest BCUT2D eigenvalue weighted by molar-refractivity contribution is 6.71. The third kappa shape index (κ3) is 15.1. The molecule has 0 aromatic rings. The summed E-state index contributed by atoms with van der Waals surface area (Å²) in [7, 11) is -5.59. The van der Waals surface area contributed by atoms with Crippen molar-refractivity contribution in [2.24, 2.45) is 5.16 Å². The smallest absolute Gasteiger partial charge is 0.184 e. The van der Waals surface area contributed by atoms with E-state index in [1.165, 1.54) is 0 Å². The van der Waals surface area contributed by atoms with E-state index in [4.69, 9.17) is 22.5 Å². The second-order valence-corrected chi connectivity index (χ2v) is 29.0. The molecule has 0 aliphatic heterocycles. The topological polar surface area (TPSA) is 58.5 Å². The number of hydrogen-bond acceptors (Lipinski definition) is 6.